The van der Waals surface area contributed by atoms with Crippen LogP contribution in [0.4, 0.5) is 76.3 Å². The van der Waals surface area contributed by atoms with E-state index in [0.29, 0.717) is 78.1 Å². The molecule has 0 saturated heterocycles. The second-order valence-corrected chi connectivity index (χ2v) is 22.0. The average Bonchev–Trinajstić information content (AvgIpc) is 4.42. The van der Waals surface area contributed by atoms with Crippen LogP contribution in [0.5, 0.6) is 0 Å². The third kappa shape index (κ3) is 14.3. The number of rotatable bonds is 20. The molecule has 4 heterocycles. The fraction of sp³-hybridized carbons (Fsp3) is 0.403. The normalized spacial score (nSPS) is 16.3. The van der Waals surface area contributed by atoms with Crippen molar-refractivity contribution in [3.8, 4) is 0 Å². The highest BCUT2D eigenvalue weighted by Gasteiger charge is 2.39. The molecule has 10 rings (SSSR count). The van der Waals surface area contributed by atoms with Gasteiger partial charge < -0.3 is 24.0 Å². The molecule has 0 radical (unpaired) electrons. The SMILES string of the molecule is CCN(CC1CCCC1)c1nc2ccccc2cc1CN(Cc1cc(C(F)(F)F)cc(C(F)(F)F)c1)c1nc(CC2CCC(CN(CC)c3nc4ccccc4cc3CN(Cc3cc(C(F)(F)F)cc(C(F)(F)F)c3)c3ncccn3)C2)co1. The first kappa shape index (κ1) is 59.5. The molecule has 2 saturated carbocycles. The average molecular weight is 1180 g/mol. The largest absolute Gasteiger partial charge is 0.432 e. The summed E-state index contributed by atoms with van der Waals surface area (Å²) in [5.74, 6) is 1.93. The minimum absolute atomic E-state index is 0.0133. The highest BCUT2D eigenvalue weighted by atomic mass is 19.4. The van der Waals surface area contributed by atoms with Gasteiger partial charge in [-0.05, 0) is 148 Å². The summed E-state index contributed by atoms with van der Waals surface area (Å²) >= 11 is 0. The Kier molecular flexibility index (Phi) is 17.4. The van der Waals surface area contributed by atoms with Gasteiger partial charge in [0.15, 0.2) is 0 Å². The molecule has 4 aromatic heterocycles. The van der Waals surface area contributed by atoms with Crippen LogP contribution in [0.1, 0.15) is 109 Å². The van der Waals surface area contributed by atoms with Gasteiger partial charge in [0.05, 0.1) is 45.5 Å². The van der Waals surface area contributed by atoms with Crippen molar-refractivity contribution in [3.05, 3.63) is 172 Å². The lowest BCUT2D eigenvalue weighted by atomic mass is 9.99. The van der Waals surface area contributed by atoms with Crippen LogP contribution in [0.2, 0.25) is 0 Å². The second kappa shape index (κ2) is 24.5. The predicted octanol–water partition coefficient (Wildman–Crippen LogP) is 16.6. The Morgan fingerprint density at radius 1 is 0.476 bits per heavy atom. The standard InChI is InChI=1S/C62H61F12N9O/c1-3-80(32-39-12-5-6-13-39)56-47(29-45-15-8-10-17-54(45)79-56)37-83(35-43-25-50(61(69,70)71)31-51(26-43)62(72,73)74)58-77-52(38-84-58)27-40-18-19-41(22-40)33-81(4-2)55-46(28-44-14-7-9-16-53(44)78-55)36-82(57-75-20-11-21-76-57)34-42-23-48(59(63,64)65)30-49(24-42)60(66,67)68/h7-11,14-17,20-21,23-26,28-31,38-41H,3-6,12-13,18-19,22,27,32-37H2,1-2H3. The van der Waals surface area contributed by atoms with E-state index in [2.05, 4.69) is 19.8 Å². The summed E-state index contributed by atoms with van der Waals surface area (Å²) in [4.78, 5) is 31.2. The van der Waals surface area contributed by atoms with Crippen LogP contribution >= 0.6 is 0 Å². The van der Waals surface area contributed by atoms with Crippen LogP contribution in [0.15, 0.2) is 126 Å². The quantitative estimate of drug-likeness (QED) is 0.0687. The Balaban J connectivity index is 0.919. The van der Waals surface area contributed by atoms with Crippen molar-refractivity contribution in [1.29, 1.82) is 0 Å². The molecule has 0 bridgehead atoms. The minimum atomic E-state index is -5.07. The molecule has 84 heavy (non-hydrogen) atoms. The van der Waals surface area contributed by atoms with Crippen molar-refractivity contribution in [2.24, 2.45) is 17.8 Å². The zero-order chi connectivity index (χ0) is 59.6. The van der Waals surface area contributed by atoms with Gasteiger partial charge in [-0.15, -0.1) is 0 Å². The van der Waals surface area contributed by atoms with E-state index >= 15 is 0 Å². The molecule has 0 aliphatic heterocycles. The van der Waals surface area contributed by atoms with Gasteiger partial charge in [-0.2, -0.15) is 57.7 Å². The van der Waals surface area contributed by atoms with Crippen molar-refractivity contribution in [2.75, 3.05) is 45.8 Å². The Labute approximate surface area is 477 Å². The lowest BCUT2D eigenvalue weighted by Gasteiger charge is -2.30. The third-order valence-corrected chi connectivity index (χ3v) is 15.9. The topological polar surface area (TPSA) is 90.6 Å². The maximum atomic E-state index is 14.3. The van der Waals surface area contributed by atoms with E-state index in [4.69, 9.17) is 19.4 Å². The summed E-state index contributed by atoms with van der Waals surface area (Å²) in [5.41, 5.74) is -2.99. The minimum Gasteiger partial charge on any atom is -0.432 e. The van der Waals surface area contributed by atoms with Crippen molar-refractivity contribution in [1.82, 2.24) is 24.9 Å². The Morgan fingerprint density at radius 2 is 0.929 bits per heavy atom. The molecule has 22 heteroatoms. The Hall–Kier alpha value is -7.65. The number of pyridine rings is 2. The third-order valence-electron chi connectivity index (χ3n) is 15.9. The van der Waals surface area contributed by atoms with Gasteiger partial charge in [-0.1, -0.05) is 49.2 Å². The molecule has 444 valence electrons. The highest BCUT2D eigenvalue weighted by molar-refractivity contribution is 5.83. The number of nitrogens with zero attached hydrogens (tertiary/aromatic N) is 9. The molecule has 2 aliphatic rings. The first-order valence-electron chi connectivity index (χ1n) is 28.0. The zero-order valence-corrected chi connectivity index (χ0v) is 46.1. The molecule has 10 nitrogen and oxygen atoms in total. The van der Waals surface area contributed by atoms with Gasteiger partial charge in [0.25, 0.3) is 6.01 Å². The van der Waals surface area contributed by atoms with Crippen molar-refractivity contribution in [2.45, 2.75) is 116 Å². The van der Waals surface area contributed by atoms with Gasteiger partial charge in [0, 0.05) is 80.1 Å². The first-order valence-corrected chi connectivity index (χ1v) is 28.0. The summed E-state index contributed by atoms with van der Waals surface area (Å²) in [6, 6.07) is 23.4. The lowest BCUT2D eigenvalue weighted by molar-refractivity contribution is -0.144. The molecular formula is C62H61F12N9O. The van der Waals surface area contributed by atoms with Crippen LogP contribution in [0.25, 0.3) is 21.8 Å². The molecule has 4 aromatic carbocycles. The second-order valence-electron chi connectivity index (χ2n) is 22.0. The number of hydrogen-bond donors (Lipinski definition) is 0. The Bertz CT molecular complexity index is 3480. The van der Waals surface area contributed by atoms with Crippen LogP contribution in [-0.4, -0.2) is 51.1 Å². The molecule has 0 amide bonds. The van der Waals surface area contributed by atoms with E-state index in [0.717, 1.165) is 79.9 Å². The van der Waals surface area contributed by atoms with Crippen LogP contribution in [0, 0.1) is 17.8 Å². The van der Waals surface area contributed by atoms with Crippen molar-refractivity contribution < 1.29 is 57.1 Å². The molecule has 2 aliphatic carbocycles. The predicted molar refractivity (Wildman–Crippen MR) is 297 cm³/mol. The van der Waals surface area contributed by atoms with Gasteiger partial charge in [0.2, 0.25) is 5.95 Å². The van der Waals surface area contributed by atoms with Crippen LogP contribution in [-0.2, 0) is 57.3 Å². The number of halogens is 12. The summed E-state index contributed by atoms with van der Waals surface area (Å²) in [6.07, 6.45) is -8.77. The molecule has 2 atom stereocenters. The number of para-hydroxylation sites is 2. The summed E-state index contributed by atoms with van der Waals surface area (Å²) in [7, 11) is 0. The van der Waals surface area contributed by atoms with E-state index in [-0.39, 0.29) is 60.1 Å². The van der Waals surface area contributed by atoms with Crippen LogP contribution in [0.3, 0.4) is 0 Å². The monoisotopic (exact) mass is 1180 g/mol. The van der Waals surface area contributed by atoms with E-state index in [9.17, 15) is 52.7 Å². The number of oxazole rings is 1. The number of fused-ring (bicyclic) bond motifs is 2. The van der Waals surface area contributed by atoms with Gasteiger partial charge in [0.1, 0.15) is 17.9 Å². The number of alkyl halides is 12. The smallest absolute Gasteiger partial charge is 0.416 e. The number of aromatic nitrogens is 5. The van der Waals surface area contributed by atoms with E-state index in [1.165, 1.54) is 23.6 Å². The maximum Gasteiger partial charge on any atom is 0.416 e. The molecule has 0 spiro atoms. The lowest BCUT2D eigenvalue weighted by Crippen LogP contribution is -2.32. The van der Waals surface area contributed by atoms with Gasteiger partial charge >= 0.3 is 24.7 Å². The fourth-order valence-corrected chi connectivity index (χ4v) is 11.9. The van der Waals surface area contributed by atoms with E-state index < -0.39 is 60.0 Å². The van der Waals surface area contributed by atoms with Gasteiger partial charge in [-0.3, -0.25) is 0 Å². The molecular weight excluding hydrogens is 1110 g/mol. The fourth-order valence-electron chi connectivity index (χ4n) is 11.9. The van der Waals surface area contributed by atoms with Crippen molar-refractivity contribution in [3.63, 3.8) is 0 Å². The molecule has 8 aromatic rings. The summed E-state index contributed by atoms with van der Waals surface area (Å²) in [6.45, 7) is 5.43. The van der Waals surface area contributed by atoms with Crippen LogP contribution < -0.4 is 19.6 Å². The van der Waals surface area contributed by atoms with Crippen molar-refractivity contribution >= 4 is 45.4 Å². The number of benzene rings is 4. The number of hydrogen-bond acceptors (Lipinski definition) is 10. The molecule has 2 fully saturated rings. The zero-order valence-electron chi connectivity index (χ0n) is 46.1. The molecule has 2 unspecified atom stereocenters. The van der Waals surface area contributed by atoms with Gasteiger partial charge in [-0.25, -0.2) is 19.9 Å². The van der Waals surface area contributed by atoms with E-state index in [1.54, 1.807) is 11.0 Å². The highest BCUT2D eigenvalue weighted by Crippen LogP contribution is 2.41. The first-order chi connectivity index (χ1) is 40.0. The maximum absolute atomic E-state index is 14.3. The Morgan fingerprint density at radius 3 is 1.42 bits per heavy atom. The van der Waals surface area contributed by atoms with E-state index in [1.807, 2.05) is 74.5 Å². The summed E-state index contributed by atoms with van der Waals surface area (Å²) in [5, 5.41) is 1.55. The summed E-state index contributed by atoms with van der Waals surface area (Å²) < 4.78 is 176. The molecule has 0 N–H and O–H groups in total. The number of anilines is 4.